The van der Waals surface area contributed by atoms with E-state index in [0.717, 1.165) is 17.5 Å². The summed E-state index contributed by atoms with van der Waals surface area (Å²) in [7, 11) is 0. The van der Waals surface area contributed by atoms with Gasteiger partial charge in [-0.3, -0.25) is 14.4 Å². The minimum absolute atomic E-state index is 0.0849. The van der Waals surface area contributed by atoms with Crippen LogP contribution in [0.5, 0.6) is 5.75 Å². The summed E-state index contributed by atoms with van der Waals surface area (Å²) in [5, 5.41) is 5.56. The van der Waals surface area contributed by atoms with Crippen molar-refractivity contribution in [2.75, 3.05) is 13.2 Å². The van der Waals surface area contributed by atoms with Crippen molar-refractivity contribution in [1.82, 2.24) is 10.6 Å². The quantitative estimate of drug-likeness (QED) is 0.875. The fourth-order valence-corrected chi connectivity index (χ4v) is 3.43. The van der Waals surface area contributed by atoms with Gasteiger partial charge in [-0.1, -0.05) is 18.2 Å². The van der Waals surface area contributed by atoms with Gasteiger partial charge in [-0.2, -0.15) is 0 Å². The Morgan fingerprint density at radius 1 is 1.11 bits per heavy atom. The van der Waals surface area contributed by atoms with Crippen LogP contribution in [0.25, 0.3) is 11.1 Å². The minimum atomic E-state index is -0.488. The van der Waals surface area contributed by atoms with Crippen molar-refractivity contribution >= 4 is 17.6 Å². The summed E-state index contributed by atoms with van der Waals surface area (Å²) < 4.78 is 5.60. The molecule has 4 rings (SSSR count). The first-order chi connectivity index (χ1) is 13.1. The van der Waals surface area contributed by atoms with Gasteiger partial charge in [0.2, 0.25) is 5.91 Å². The van der Waals surface area contributed by atoms with Gasteiger partial charge in [0.25, 0.3) is 5.91 Å². The minimum Gasteiger partial charge on any atom is -0.492 e. The van der Waals surface area contributed by atoms with E-state index < -0.39 is 6.04 Å². The van der Waals surface area contributed by atoms with E-state index in [1.807, 2.05) is 18.2 Å². The molecule has 0 aliphatic carbocycles. The molecule has 0 radical (unpaired) electrons. The van der Waals surface area contributed by atoms with E-state index in [4.69, 9.17) is 4.74 Å². The first-order valence-corrected chi connectivity index (χ1v) is 9.11. The first kappa shape index (κ1) is 17.3. The van der Waals surface area contributed by atoms with E-state index in [1.165, 1.54) is 0 Å². The summed E-state index contributed by atoms with van der Waals surface area (Å²) in [6.07, 6.45) is 1.90. The third-order valence-corrected chi connectivity index (χ3v) is 4.92. The Morgan fingerprint density at radius 2 is 1.96 bits per heavy atom. The summed E-state index contributed by atoms with van der Waals surface area (Å²) >= 11 is 0. The molecule has 2 heterocycles. The summed E-state index contributed by atoms with van der Waals surface area (Å²) in [4.78, 5) is 36.3. The zero-order valence-electron chi connectivity index (χ0n) is 14.8. The standard InChI is InChI=1S/C21H20N2O4/c24-18-8-10-27-19-12-14(6-7-16(18)19)13-3-1-4-15(11-13)20(25)23-17-5-2-9-22-21(17)26/h1,3-4,6-7,11-12,17H,2,5,8-10H2,(H,22,26)(H,23,25)/t17-/m0/s1. The van der Waals surface area contributed by atoms with Crippen LogP contribution in [0.2, 0.25) is 0 Å². The van der Waals surface area contributed by atoms with Crippen LogP contribution in [-0.2, 0) is 4.79 Å². The maximum Gasteiger partial charge on any atom is 0.251 e. The molecule has 6 nitrogen and oxygen atoms in total. The molecule has 2 aliphatic heterocycles. The lowest BCUT2D eigenvalue weighted by Gasteiger charge is -2.22. The van der Waals surface area contributed by atoms with E-state index in [0.29, 0.717) is 42.9 Å². The Labute approximate surface area is 156 Å². The topological polar surface area (TPSA) is 84.5 Å². The van der Waals surface area contributed by atoms with Gasteiger partial charge in [0.1, 0.15) is 11.8 Å². The number of hydrogen-bond acceptors (Lipinski definition) is 4. The number of rotatable bonds is 3. The highest BCUT2D eigenvalue weighted by Gasteiger charge is 2.24. The second-order valence-corrected chi connectivity index (χ2v) is 6.77. The second-order valence-electron chi connectivity index (χ2n) is 6.77. The molecule has 27 heavy (non-hydrogen) atoms. The van der Waals surface area contributed by atoms with Gasteiger partial charge in [-0.05, 0) is 48.2 Å². The van der Waals surface area contributed by atoms with Crippen molar-refractivity contribution in [3.05, 3.63) is 53.6 Å². The normalized spacial score (nSPS) is 18.9. The van der Waals surface area contributed by atoms with Crippen molar-refractivity contribution in [2.24, 2.45) is 0 Å². The predicted molar refractivity (Wildman–Crippen MR) is 99.8 cm³/mol. The summed E-state index contributed by atoms with van der Waals surface area (Å²) in [6, 6.07) is 12.2. The number of carbonyl (C=O) groups is 3. The lowest BCUT2D eigenvalue weighted by atomic mass is 9.97. The highest BCUT2D eigenvalue weighted by atomic mass is 16.5. The maximum atomic E-state index is 12.6. The van der Waals surface area contributed by atoms with Crippen LogP contribution in [0.1, 0.15) is 40.0 Å². The largest absolute Gasteiger partial charge is 0.492 e. The van der Waals surface area contributed by atoms with Gasteiger partial charge >= 0.3 is 0 Å². The summed E-state index contributed by atoms with van der Waals surface area (Å²) in [5.74, 6) is 0.254. The molecule has 2 N–H and O–H groups in total. The molecular formula is C21H20N2O4. The van der Waals surface area contributed by atoms with E-state index in [9.17, 15) is 14.4 Å². The predicted octanol–water partition coefficient (Wildman–Crippen LogP) is 2.33. The third-order valence-electron chi connectivity index (χ3n) is 4.92. The highest BCUT2D eigenvalue weighted by Crippen LogP contribution is 2.31. The SMILES string of the molecule is O=C(N[C@H]1CCCNC1=O)c1cccc(-c2ccc3c(c2)OCCC3=O)c1. The van der Waals surface area contributed by atoms with Gasteiger partial charge in [0.15, 0.2) is 5.78 Å². The van der Waals surface area contributed by atoms with E-state index in [2.05, 4.69) is 10.6 Å². The number of ether oxygens (including phenoxy) is 1. The summed E-state index contributed by atoms with van der Waals surface area (Å²) in [6.45, 7) is 1.05. The van der Waals surface area contributed by atoms with Crippen molar-refractivity contribution in [2.45, 2.75) is 25.3 Å². The molecule has 1 saturated heterocycles. The van der Waals surface area contributed by atoms with Gasteiger partial charge < -0.3 is 15.4 Å². The Kier molecular flexibility index (Phi) is 4.62. The van der Waals surface area contributed by atoms with E-state index >= 15 is 0 Å². The number of ketones is 1. The molecule has 0 spiro atoms. The van der Waals surface area contributed by atoms with Crippen LogP contribution in [0, 0.1) is 0 Å². The Hall–Kier alpha value is -3.15. The van der Waals surface area contributed by atoms with Crippen LogP contribution in [0.15, 0.2) is 42.5 Å². The fraction of sp³-hybridized carbons (Fsp3) is 0.286. The Bertz CT molecular complexity index is 922. The number of nitrogens with one attached hydrogen (secondary N) is 2. The smallest absolute Gasteiger partial charge is 0.251 e. The van der Waals surface area contributed by atoms with E-state index in [1.54, 1.807) is 24.3 Å². The number of benzene rings is 2. The number of piperidine rings is 1. The van der Waals surface area contributed by atoms with Crippen LogP contribution in [0.3, 0.4) is 0 Å². The average molecular weight is 364 g/mol. The molecule has 0 saturated carbocycles. The molecule has 138 valence electrons. The average Bonchev–Trinajstić information content (AvgIpc) is 2.70. The molecule has 2 aromatic carbocycles. The molecule has 0 aromatic heterocycles. The number of fused-ring (bicyclic) bond motifs is 1. The van der Waals surface area contributed by atoms with E-state index in [-0.39, 0.29) is 17.6 Å². The van der Waals surface area contributed by atoms with Crippen LogP contribution < -0.4 is 15.4 Å². The number of amides is 2. The number of carbonyl (C=O) groups excluding carboxylic acids is 3. The molecule has 1 fully saturated rings. The van der Waals surface area contributed by atoms with Crippen molar-refractivity contribution in [1.29, 1.82) is 0 Å². The molecular weight excluding hydrogens is 344 g/mol. The number of hydrogen-bond donors (Lipinski definition) is 2. The molecule has 2 aliphatic rings. The van der Waals surface area contributed by atoms with Crippen LogP contribution in [-0.4, -0.2) is 36.8 Å². The molecule has 0 bridgehead atoms. The van der Waals surface area contributed by atoms with Crippen LogP contribution >= 0.6 is 0 Å². The maximum absolute atomic E-state index is 12.6. The summed E-state index contributed by atoms with van der Waals surface area (Å²) in [5.41, 5.74) is 2.80. The third kappa shape index (κ3) is 3.56. The van der Waals surface area contributed by atoms with Crippen molar-refractivity contribution in [3.8, 4) is 16.9 Å². The molecule has 1 atom stereocenters. The molecule has 6 heteroatoms. The van der Waals surface area contributed by atoms with Gasteiger partial charge in [-0.15, -0.1) is 0 Å². The Morgan fingerprint density at radius 3 is 2.81 bits per heavy atom. The second kappa shape index (κ2) is 7.23. The lowest BCUT2D eigenvalue weighted by molar-refractivity contribution is -0.124. The fourth-order valence-electron chi connectivity index (χ4n) is 3.43. The molecule has 0 unspecified atom stereocenters. The van der Waals surface area contributed by atoms with Crippen molar-refractivity contribution in [3.63, 3.8) is 0 Å². The van der Waals surface area contributed by atoms with Gasteiger partial charge in [0, 0.05) is 18.5 Å². The zero-order valence-corrected chi connectivity index (χ0v) is 14.8. The number of Topliss-reactive ketones (excluding diaryl/α,β-unsaturated/α-hetero) is 1. The van der Waals surface area contributed by atoms with Crippen LogP contribution in [0.4, 0.5) is 0 Å². The van der Waals surface area contributed by atoms with Gasteiger partial charge in [-0.25, -0.2) is 0 Å². The molecule has 2 amide bonds. The Balaban J connectivity index is 1.56. The highest BCUT2D eigenvalue weighted by molar-refractivity contribution is 6.01. The molecule has 2 aromatic rings. The first-order valence-electron chi connectivity index (χ1n) is 9.11. The monoisotopic (exact) mass is 364 g/mol. The van der Waals surface area contributed by atoms with Gasteiger partial charge in [0.05, 0.1) is 12.2 Å². The van der Waals surface area contributed by atoms with Crippen molar-refractivity contribution < 1.29 is 19.1 Å². The zero-order chi connectivity index (χ0) is 18.8. The lowest BCUT2D eigenvalue weighted by Crippen LogP contribution is -2.50.